The van der Waals surface area contributed by atoms with Crippen molar-refractivity contribution in [3.63, 3.8) is 0 Å². The van der Waals surface area contributed by atoms with E-state index in [0.29, 0.717) is 5.06 Å². The summed E-state index contributed by atoms with van der Waals surface area (Å²) in [7, 11) is -3.66. The fourth-order valence-corrected chi connectivity index (χ4v) is 3.44. The number of fused-ring (bicyclic) bond motifs is 1. The lowest BCUT2D eigenvalue weighted by molar-refractivity contribution is -0.168. The Kier molecular flexibility index (Phi) is 2.71. The van der Waals surface area contributed by atoms with Gasteiger partial charge >= 0.3 is 5.97 Å². The SMILES string of the molecule is CS(=O)(=O)C1(C(=O)ON2C(=O)c3ccccc3C2=O)CC1. The van der Waals surface area contributed by atoms with Crippen molar-refractivity contribution in [3.8, 4) is 0 Å². The van der Waals surface area contributed by atoms with E-state index < -0.39 is 32.4 Å². The summed E-state index contributed by atoms with van der Waals surface area (Å²) in [5.41, 5.74) is 0.249. The van der Waals surface area contributed by atoms with E-state index in [-0.39, 0.29) is 24.0 Å². The highest BCUT2D eigenvalue weighted by Gasteiger charge is 2.61. The van der Waals surface area contributed by atoms with E-state index in [9.17, 15) is 22.8 Å². The predicted octanol–water partition coefficient (Wildman–Crippen LogP) is 0.318. The molecule has 0 bridgehead atoms. The molecule has 1 fully saturated rings. The summed E-state index contributed by atoms with van der Waals surface area (Å²) in [4.78, 5) is 40.8. The van der Waals surface area contributed by atoms with Crippen molar-refractivity contribution in [3.05, 3.63) is 35.4 Å². The smallest absolute Gasteiger partial charge is 0.328 e. The van der Waals surface area contributed by atoms with Crippen LogP contribution >= 0.6 is 0 Å². The Morgan fingerprint density at radius 3 is 2.00 bits per heavy atom. The quantitative estimate of drug-likeness (QED) is 0.746. The molecule has 8 heteroatoms. The van der Waals surface area contributed by atoms with Gasteiger partial charge in [0.05, 0.1) is 11.1 Å². The summed E-state index contributed by atoms with van der Waals surface area (Å²) in [5.74, 6) is -2.62. The monoisotopic (exact) mass is 309 g/mol. The standard InChI is InChI=1S/C13H11NO6S/c1-21(18,19)13(6-7-13)12(17)20-14-10(15)8-4-2-3-5-9(8)11(14)16/h2-5H,6-7H2,1H3. The van der Waals surface area contributed by atoms with Crippen LogP contribution in [-0.2, 0) is 19.5 Å². The van der Waals surface area contributed by atoms with Gasteiger partial charge in [-0.15, -0.1) is 0 Å². The summed E-state index contributed by atoms with van der Waals surface area (Å²) in [6, 6.07) is 6.03. The lowest BCUT2D eigenvalue weighted by atomic mass is 10.1. The molecule has 0 aromatic heterocycles. The number of amides is 2. The van der Waals surface area contributed by atoms with E-state index in [2.05, 4.69) is 0 Å². The van der Waals surface area contributed by atoms with Crippen LogP contribution in [-0.4, -0.2) is 42.3 Å². The second-order valence-corrected chi connectivity index (χ2v) is 7.42. The van der Waals surface area contributed by atoms with Crippen LogP contribution in [0.4, 0.5) is 0 Å². The molecule has 3 rings (SSSR count). The minimum atomic E-state index is -3.66. The molecule has 1 heterocycles. The van der Waals surface area contributed by atoms with E-state index in [1.807, 2.05) is 0 Å². The van der Waals surface area contributed by atoms with Gasteiger partial charge in [0, 0.05) is 6.26 Å². The average Bonchev–Trinajstić information content (AvgIpc) is 3.20. The molecule has 0 atom stereocenters. The van der Waals surface area contributed by atoms with Gasteiger partial charge in [-0.3, -0.25) is 9.59 Å². The van der Waals surface area contributed by atoms with Crippen LogP contribution in [0.1, 0.15) is 33.6 Å². The predicted molar refractivity (Wildman–Crippen MR) is 69.8 cm³/mol. The molecule has 21 heavy (non-hydrogen) atoms. The van der Waals surface area contributed by atoms with Gasteiger partial charge in [0.2, 0.25) is 0 Å². The van der Waals surface area contributed by atoms with Crippen molar-refractivity contribution >= 4 is 27.6 Å². The Labute approximate surface area is 120 Å². The lowest BCUT2D eigenvalue weighted by Crippen LogP contribution is -2.41. The van der Waals surface area contributed by atoms with Gasteiger partial charge in [-0.25, -0.2) is 13.2 Å². The molecule has 0 N–H and O–H groups in total. The number of imide groups is 1. The van der Waals surface area contributed by atoms with Gasteiger partial charge in [0.25, 0.3) is 11.8 Å². The minimum Gasteiger partial charge on any atom is -0.328 e. The van der Waals surface area contributed by atoms with Gasteiger partial charge in [-0.1, -0.05) is 17.2 Å². The summed E-state index contributed by atoms with van der Waals surface area (Å²) < 4.78 is 21.6. The Morgan fingerprint density at radius 1 is 1.14 bits per heavy atom. The fourth-order valence-electron chi connectivity index (χ4n) is 2.26. The van der Waals surface area contributed by atoms with Crippen molar-refractivity contribution in [2.24, 2.45) is 0 Å². The highest BCUT2D eigenvalue weighted by Crippen LogP contribution is 2.44. The molecule has 1 aromatic carbocycles. The number of hydrogen-bond donors (Lipinski definition) is 0. The van der Waals surface area contributed by atoms with E-state index in [1.54, 1.807) is 12.1 Å². The molecule has 7 nitrogen and oxygen atoms in total. The third-order valence-corrected chi connectivity index (χ3v) is 5.71. The van der Waals surface area contributed by atoms with Crippen LogP contribution in [0.15, 0.2) is 24.3 Å². The van der Waals surface area contributed by atoms with Gasteiger partial charge in [0.1, 0.15) is 0 Å². The van der Waals surface area contributed by atoms with Crippen molar-refractivity contribution in [2.45, 2.75) is 17.6 Å². The van der Waals surface area contributed by atoms with Crippen LogP contribution < -0.4 is 0 Å². The molecule has 1 aromatic rings. The molecule has 1 aliphatic heterocycles. The first kappa shape index (κ1) is 13.7. The molecule has 0 spiro atoms. The minimum absolute atomic E-state index is 0.125. The van der Waals surface area contributed by atoms with Gasteiger partial charge in [-0.2, -0.15) is 0 Å². The van der Waals surface area contributed by atoms with Gasteiger partial charge in [-0.05, 0) is 25.0 Å². The maximum Gasteiger partial charge on any atom is 0.354 e. The summed E-state index contributed by atoms with van der Waals surface area (Å²) in [6.07, 6.45) is 1.20. The average molecular weight is 309 g/mol. The van der Waals surface area contributed by atoms with Crippen LogP contribution in [0, 0.1) is 0 Å². The number of nitrogens with zero attached hydrogens (tertiary/aromatic N) is 1. The summed E-state index contributed by atoms with van der Waals surface area (Å²) in [5, 5.41) is 0.332. The highest BCUT2D eigenvalue weighted by molar-refractivity contribution is 7.93. The normalized spacial score (nSPS) is 19.4. The number of sulfone groups is 1. The first-order valence-corrected chi connectivity index (χ1v) is 8.07. The second kappa shape index (κ2) is 4.14. The fraction of sp³-hybridized carbons (Fsp3) is 0.308. The third-order valence-electron chi connectivity index (χ3n) is 3.72. The zero-order valence-corrected chi connectivity index (χ0v) is 11.8. The summed E-state index contributed by atoms with van der Waals surface area (Å²) in [6.45, 7) is 0. The van der Waals surface area contributed by atoms with Crippen molar-refractivity contribution < 1.29 is 27.6 Å². The maximum absolute atomic E-state index is 12.0. The largest absolute Gasteiger partial charge is 0.354 e. The first-order chi connectivity index (χ1) is 9.78. The van der Waals surface area contributed by atoms with E-state index in [1.165, 1.54) is 12.1 Å². The van der Waals surface area contributed by atoms with Crippen LogP contribution in [0.2, 0.25) is 0 Å². The zero-order chi connectivity index (χ0) is 15.4. The molecule has 1 saturated carbocycles. The number of hydroxylamine groups is 2. The maximum atomic E-state index is 12.0. The Bertz CT molecular complexity index is 743. The molecule has 110 valence electrons. The Morgan fingerprint density at radius 2 is 1.62 bits per heavy atom. The van der Waals surface area contributed by atoms with E-state index in [4.69, 9.17) is 4.84 Å². The van der Waals surface area contributed by atoms with Crippen LogP contribution in [0.25, 0.3) is 0 Å². The van der Waals surface area contributed by atoms with Crippen LogP contribution in [0.3, 0.4) is 0 Å². The molecule has 2 amide bonds. The number of carbonyl (C=O) groups is 3. The van der Waals surface area contributed by atoms with Gasteiger partial charge in [0.15, 0.2) is 14.6 Å². The first-order valence-electron chi connectivity index (χ1n) is 6.18. The molecule has 0 unspecified atom stereocenters. The number of hydrogen-bond acceptors (Lipinski definition) is 6. The summed E-state index contributed by atoms with van der Waals surface area (Å²) >= 11 is 0. The molecule has 0 radical (unpaired) electrons. The number of carbonyl (C=O) groups excluding carboxylic acids is 3. The topological polar surface area (TPSA) is 97.8 Å². The lowest BCUT2D eigenvalue weighted by Gasteiger charge is -2.17. The van der Waals surface area contributed by atoms with E-state index in [0.717, 1.165) is 6.26 Å². The Hall–Kier alpha value is -2.22. The molecule has 2 aliphatic rings. The van der Waals surface area contributed by atoms with Crippen molar-refractivity contribution in [1.82, 2.24) is 5.06 Å². The zero-order valence-electron chi connectivity index (χ0n) is 11.0. The molecular weight excluding hydrogens is 298 g/mol. The second-order valence-electron chi connectivity index (χ2n) is 5.10. The molecule has 0 saturated heterocycles. The Balaban J connectivity index is 1.87. The number of rotatable bonds is 3. The number of benzene rings is 1. The highest BCUT2D eigenvalue weighted by atomic mass is 32.2. The third kappa shape index (κ3) is 1.86. The van der Waals surface area contributed by atoms with Crippen molar-refractivity contribution in [1.29, 1.82) is 0 Å². The van der Waals surface area contributed by atoms with Crippen LogP contribution in [0.5, 0.6) is 0 Å². The molecule has 1 aliphatic carbocycles. The van der Waals surface area contributed by atoms with Crippen molar-refractivity contribution in [2.75, 3.05) is 6.26 Å². The van der Waals surface area contributed by atoms with Gasteiger partial charge < -0.3 is 4.84 Å². The molecular formula is C13H11NO6S. The van der Waals surface area contributed by atoms with E-state index >= 15 is 0 Å².